The Morgan fingerprint density at radius 2 is 1.13 bits per heavy atom. The third-order valence-electron chi connectivity index (χ3n) is 4.09. The quantitative estimate of drug-likeness (QED) is 0.313. The molecule has 4 aromatic rings. The van der Waals surface area contributed by atoms with Crippen LogP contribution >= 0.6 is 46.4 Å². The molecule has 0 N–H and O–H groups in total. The molecule has 152 valence electrons. The third kappa shape index (κ3) is 4.84. The molecule has 10 heteroatoms. The predicted molar refractivity (Wildman–Crippen MR) is 119 cm³/mol. The Bertz CT molecular complexity index is 1310. The van der Waals surface area contributed by atoms with Gasteiger partial charge in [-0.05, 0) is 38.1 Å². The summed E-state index contributed by atoms with van der Waals surface area (Å²) in [6.07, 6.45) is 0. The van der Waals surface area contributed by atoms with Gasteiger partial charge in [-0.1, -0.05) is 58.5 Å². The molecule has 0 aliphatic carbocycles. The van der Waals surface area contributed by atoms with Gasteiger partial charge in [-0.2, -0.15) is 0 Å². The lowest BCUT2D eigenvalue weighted by molar-refractivity contribution is 0.100. The van der Waals surface area contributed by atoms with Gasteiger partial charge in [0, 0.05) is 21.9 Å². The second-order valence-corrected chi connectivity index (χ2v) is 7.60. The number of carbonyl (C=O) groups excluding carboxylic acids is 2. The third-order valence-corrected chi connectivity index (χ3v) is 5.27. The standard InChI is InChI=1S/2C10H6Cl2N2O/c1-5(15)6-2-3-7-8(4-6)14-10(12)9(11)13-7;1-5(15)6-2-3-7-8(4-6)10(12)14-13-9(7)11/h2*2-4H,1H3. The number of benzene rings is 2. The smallest absolute Gasteiger partial charge is 0.167 e. The minimum atomic E-state index is -0.0269. The zero-order valence-corrected chi connectivity index (χ0v) is 18.6. The molecule has 0 aliphatic rings. The summed E-state index contributed by atoms with van der Waals surface area (Å²) in [5.41, 5.74) is 2.34. The first-order valence-corrected chi connectivity index (χ1v) is 9.94. The van der Waals surface area contributed by atoms with Gasteiger partial charge in [-0.25, -0.2) is 9.97 Å². The number of aromatic nitrogens is 4. The van der Waals surface area contributed by atoms with Crippen molar-refractivity contribution in [1.82, 2.24) is 20.2 Å². The van der Waals surface area contributed by atoms with Gasteiger partial charge in [0.1, 0.15) is 0 Å². The van der Waals surface area contributed by atoms with Crippen LogP contribution in [0.25, 0.3) is 21.8 Å². The number of ketones is 2. The molecule has 0 saturated carbocycles. The van der Waals surface area contributed by atoms with Crippen molar-refractivity contribution >= 4 is 79.8 Å². The molecular formula is C20H12Cl4N4O2. The van der Waals surface area contributed by atoms with Crippen molar-refractivity contribution in [2.45, 2.75) is 13.8 Å². The number of hydrogen-bond donors (Lipinski definition) is 0. The summed E-state index contributed by atoms with van der Waals surface area (Å²) in [5.74, 6) is -0.0503. The van der Waals surface area contributed by atoms with E-state index in [4.69, 9.17) is 46.4 Å². The van der Waals surface area contributed by atoms with Crippen LogP contribution in [-0.2, 0) is 0 Å². The summed E-state index contributed by atoms with van der Waals surface area (Å²) < 4.78 is 0. The van der Waals surface area contributed by atoms with Crippen molar-refractivity contribution in [3.63, 3.8) is 0 Å². The normalized spacial score (nSPS) is 10.6. The highest BCUT2D eigenvalue weighted by molar-refractivity contribution is 6.40. The van der Waals surface area contributed by atoms with Crippen LogP contribution in [0.3, 0.4) is 0 Å². The Balaban J connectivity index is 0.000000171. The van der Waals surface area contributed by atoms with Crippen LogP contribution < -0.4 is 0 Å². The van der Waals surface area contributed by atoms with E-state index >= 15 is 0 Å². The monoisotopic (exact) mass is 480 g/mol. The van der Waals surface area contributed by atoms with E-state index in [2.05, 4.69) is 20.2 Å². The topological polar surface area (TPSA) is 85.7 Å². The van der Waals surface area contributed by atoms with Crippen LogP contribution in [-0.4, -0.2) is 31.7 Å². The molecule has 0 saturated heterocycles. The highest BCUT2D eigenvalue weighted by atomic mass is 35.5. The summed E-state index contributed by atoms with van der Waals surface area (Å²) in [7, 11) is 0. The highest BCUT2D eigenvalue weighted by Gasteiger charge is 2.09. The van der Waals surface area contributed by atoms with E-state index in [1.807, 2.05) is 0 Å². The number of hydrogen-bond acceptors (Lipinski definition) is 6. The number of Topliss-reactive ketones (excluding diaryl/α,β-unsaturated/α-hetero) is 2. The molecular weight excluding hydrogens is 470 g/mol. The van der Waals surface area contributed by atoms with Crippen molar-refractivity contribution < 1.29 is 9.59 Å². The molecule has 30 heavy (non-hydrogen) atoms. The van der Waals surface area contributed by atoms with E-state index in [0.29, 0.717) is 32.9 Å². The molecule has 2 aromatic carbocycles. The number of fused-ring (bicyclic) bond motifs is 2. The van der Waals surface area contributed by atoms with Crippen LogP contribution in [0.1, 0.15) is 34.6 Å². The highest BCUT2D eigenvalue weighted by Crippen LogP contribution is 2.27. The largest absolute Gasteiger partial charge is 0.295 e. The van der Waals surface area contributed by atoms with Crippen LogP contribution in [0, 0.1) is 0 Å². The average molecular weight is 482 g/mol. The Hall–Kier alpha value is -2.38. The molecule has 0 atom stereocenters. The zero-order valence-electron chi connectivity index (χ0n) is 15.6. The predicted octanol–water partition coefficient (Wildman–Crippen LogP) is 6.28. The van der Waals surface area contributed by atoms with Gasteiger partial charge < -0.3 is 0 Å². The molecule has 0 spiro atoms. The first-order valence-electron chi connectivity index (χ1n) is 8.43. The van der Waals surface area contributed by atoms with Gasteiger partial charge in [-0.3, -0.25) is 9.59 Å². The van der Waals surface area contributed by atoms with Crippen LogP contribution in [0.2, 0.25) is 20.6 Å². The number of nitrogens with zero attached hydrogens (tertiary/aromatic N) is 4. The first kappa shape index (κ1) is 22.3. The number of carbonyl (C=O) groups is 2. The van der Waals surface area contributed by atoms with Gasteiger partial charge in [0.2, 0.25) is 0 Å². The molecule has 0 radical (unpaired) electrons. The second kappa shape index (κ2) is 9.18. The fourth-order valence-corrected chi connectivity index (χ4v) is 3.20. The second-order valence-electron chi connectivity index (χ2n) is 6.16. The van der Waals surface area contributed by atoms with Gasteiger partial charge in [0.15, 0.2) is 32.2 Å². The minimum absolute atomic E-state index is 0.0234. The van der Waals surface area contributed by atoms with Crippen molar-refractivity contribution in [2.75, 3.05) is 0 Å². The molecule has 0 fully saturated rings. The summed E-state index contributed by atoms with van der Waals surface area (Å²) in [6, 6.07) is 10.1. The van der Waals surface area contributed by atoms with Crippen molar-refractivity contribution in [3.8, 4) is 0 Å². The number of halogens is 4. The summed E-state index contributed by atoms with van der Waals surface area (Å²) >= 11 is 23.2. The van der Waals surface area contributed by atoms with E-state index in [0.717, 1.165) is 0 Å². The molecule has 0 aliphatic heterocycles. The van der Waals surface area contributed by atoms with Crippen LogP contribution in [0.15, 0.2) is 36.4 Å². The average Bonchev–Trinajstić information content (AvgIpc) is 2.71. The molecule has 4 rings (SSSR count). The van der Waals surface area contributed by atoms with E-state index < -0.39 is 0 Å². The van der Waals surface area contributed by atoms with Gasteiger partial charge in [0.25, 0.3) is 0 Å². The molecule has 0 amide bonds. The van der Waals surface area contributed by atoms with Crippen LogP contribution in [0.4, 0.5) is 0 Å². The summed E-state index contributed by atoms with van der Waals surface area (Å²) in [5, 5.41) is 9.54. The van der Waals surface area contributed by atoms with Crippen LogP contribution in [0.5, 0.6) is 0 Å². The Labute approximate surface area is 191 Å². The maximum Gasteiger partial charge on any atom is 0.167 e. The lowest BCUT2D eigenvalue weighted by Gasteiger charge is -2.02. The minimum Gasteiger partial charge on any atom is -0.295 e. The molecule has 0 unspecified atom stereocenters. The number of rotatable bonds is 2. The van der Waals surface area contributed by atoms with Crippen molar-refractivity contribution in [2.24, 2.45) is 0 Å². The first-order chi connectivity index (χ1) is 14.2. The lowest BCUT2D eigenvalue weighted by atomic mass is 10.1. The van der Waals surface area contributed by atoms with Crippen molar-refractivity contribution in [3.05, 3.63) is 68.1 Å². The lowest BCUT2D eigenvalue weighted by Crippen LogP contribution is -1.94. The molecule has 2 heterocycles. The molecule has 6 nitrogen and oxygen atoms in total. The molecule has 0 bridgehead atoms. The molecule has 2 aromatic heterocycles. The van der Waals surface area contributed by atoms with E-state index in [1.165, 1.54) is 13.8 Å². The Morgan fingerprint density at radius 1 is 0.633 bits per heavy atom. The van der Waals surface area contributed by atoms with Crippen molar-refractivity contribution in [1.29, 1.82) is 0 Å². The fourth-order valence-electron chi connectivity index (χ4n) is 2.54. The fraction of sp³-hybridized carbons (Fsp3) is 0.100. The maximum atomic E-state index is 11.2. The summed E-state index contributed by atoms with van der Waals surface area (Å²) in [6.45, 7) is 2.98. The van der Waals surface area contributed by atoms with E-state index in [9.17, 15) is 9.59 Å². The van der Waals surface area contributed by atoms with Gasteiger partial charge in [-0.15, -0.1) is 10.2 Å². The Morgan fingerprint density at radius 3 is 1.73 bits per heavy atom. The maximum absolute atomic E-state index is 11.2. The SMILES string of the molecule is CC(=O)c1ccc2c(Cl)nnc(Cl)c2c1.CC(=O)c1ccc2nc(Cl)c(Cl)nc2c1. The van der Waals surface area contributed by atoms with E-state index in [1.54, 1.807) is 36.4 Å². The summed E-state index contributed by atoms with van der Waals surface area (Å²) in [4.78, 5) is 30.4. The van der Waals surface area contributed by atoms with E-state index in [-0.39, 0.29) is 32.2 Å². The van der Waals surface area contributed by atoms with Gasteiger partial charge >= 0.3 is 0 Å². The van der Waals surface area contributed by atoms with Gasteiger partial charge in [0.05, 0.1) is 11.0 Å². The zero-order chi connectivity index (χ0) is 22.0. The Kier molecular flexibility index (Phi) is 6.83.